The van der Waals surface area contributed by atoms with Gasteiger partial charge in [-0.25, -0.2) is 4.98 Å². The molecule has 1 aliphatic heterocycles. The lowest BCUT2D eigenvalue weighted by Gasteiger charge is -2.18. The number of H-pyrrole nitrogens is 1. The van der Waals surface area contributed by atoms with Crippen molar-refractivity contribution in [2.45, 2.75) is 6.54 Å². The van der Waals surface area contributed by atoms with E-state index in [1.54, 1.807) is 36.4 Å². The van der Waals surface area contributed by atoms with Crippen molar-refractivity contribution in [1.29, 1.82) is 0 Å². The molecule has 3 aromatic rings. The minimum atomic E-state index is -0.539. The number of rotatable bonds is 4. The van der Waals surface area contributed by atoms with Crippen LogP contribution in [0.3, 0.4) is 0 Å². The van der Waals surface area contributed by atoms with E-state index in [1.165, 1.54) is 7.11 Å². The topological polar surface area (TPSA) is 122 Å². The van der Waals surface area contributed by atoms with E-state index >= 15 is 0 Å². The molecule has 2 amide bonds. The maximum absolute atomic E-state index is 12.5. The summed E-state index contributed by atoms with van der Waals surface area (Å²) in [5.41, 5.74) is 1.18. The second-order valence-corrected chi connectivity index (χ2v) is 6.12. The largest absolute Gasteiger partial charge is 0.494 e. The number of nitrogens with zero attached hydrogens (tertiary/aromatic N) is 1. The Morgan fingerprint density at radius 3 is 2.96 bits per heavy atom. The molecule has 0 unspecified atom stereocenters. The van der Waals surface area contributed by atoms with E-state index < -0.39 is 11.5 Å². The molecular weight excluding hydrogens is 364 g/mol. The van der Waals surface area contributed by atoms with E-state index in [0.717, 1.165) is 5.56 Å². The molecule has 142 valence electrons. The van der Waals surface area contributed by atoms with Gasteiger partial charge in [0.2, 0.25) is 0 Å². The van der Waals surface area contributed by atoms with Crippen molar-refractivity contribution in [2.75, 3.05) is 19.0 Å². The number of hydrogen-bond acceptors (Lipinski definition) is 6. The molecule has 2 heterocycles. The van der Waals surface area contributed by atoms with Gasteiger partial charge >= 0.3 is 0 Å². The third kappa shape index (κ3) is 3.25. The summed E-state index contributed by atoms with van der Waals surface area (Å²) in [5.74, 6) is 0.0884. The molecule has 1 aromatic heterocycles. The highest BCUT2D eigenvalue weighted by atomic mass is 16.5. The number of aromatic amines is 1. The zero-order valence-electron chi connectivity index (χ0n) is 14.9. The molecule has 3 N–H and O–H groups in total. The van der Waals surface area contributed by atoms with Crippen LogP contribution >= 0.6 is 0 Å². The van der Waals surface area contributed by atoms with Gasteiger partial charge in [0.1, 0.15) is 17.0 Å². The average molecular weight is 380 g/mol. The second-order valence-electron chi connectivity index (χ2n) is 6.12. The highest BCUT2D eigenvalue weighted by Crippen LogP contribution is 2.28. The summed E-state index contributed by atoms with van der Waals surface area (Å²) in [7, 11) is 1.47. The van der Waals surface area contributed by atoms with Crippen LogP contribution in [0.15, 0.2) is 41.2 Å². The molecule has 4 rings (SSSR count). The van der Waals surface area contributed by atoms with Gasteiger partial charge in [0.15, 0.2) is 12.4 Å². The first-order chi connectivity index (χ1) is 13.5. The van der Waals surface area contributed by atoms with Crippen LogP contribution in [0.5, 0.6) is 11.5 Å². The smallest absolute Gasteiger partial charge is 0.287 e. The van der Waals surface area contributed by atoms with Gasteiger partial charge in [0, 0.05) is 6.54 Å². The Morgan fingerprint density at radius 1 is 1.29 bits per heavy atom. The molecule has 1 aliphatic rings. The van der Waals surface area contributed by atoms with Crippen molar-refractivity contribution < 1.29 is 19.1 Å². The number of hydrogen-bond donors (Lipinski definition) is 3. The summed E-state index contributed by atoms with van der Waals surface area (Å²) in [4.78, 5) is 42.9. The molecule has 0 fully saturated rings. The Morgan fingerprint density at radius 2 is 2.14 bits per heavy atom. The van der Waals surface area contributed by atoms with Crippen molar-refractivity contribution >= 4 is 28.4 Å². The molecule has 0 atom stereocenters. The van der Waals surface area contributed by atoms with Gasteiger partial charge in [0.05, 0.1) is 18.2 Å². The average Bonchev–Trinajstić information content (AvgIpc) is 2.71. The summed E-state index contributed by atoms with van der Waals surface area (Å²) in [6.07, 6.45) is 0. The van der Waals surface area contributed by atoms with E-state index in [0.29, 0.717) is 28.1 Å². The van der Waals surface area contributed by atoms with Crippen LogP contribution in [0.2, 0.25) is 0 Å². The van der Waals surface area contributed by atoms with Crippen LogP contribution in [-0.4, -0.2) is 35.5 Å². The van der Waals surface area contributed by atoms with Gasteiger partial charge in [-0.3, -0.25) is 14.4 Å². The Bertz CT molecular complexity index is 1150. The van der Waals surface area contributed by atoms with Crippen LogP contribution in [0.25, 0.3) is 10.9 Å². The fourth-order valence-electron chi connectivity index (χ4n) is 2.91. The van der Waals surface area contributed by atoms with Crippen LogP contribution in [0.4, 0.5) is 5.69 Å². The number of carbonyl (C=O) groups excluding carboxylic acids is 2. The Hall–Kier alpha value is -3.88. The number of fused-ring (bicyclic) bond motifs is 2. The molecule has 0 saturated carbocycles. The molecule has 0 spiro atoms. The first-order valence-corrected chi connectivity index (χ1v) is 8.46. The Labute approximate surface area is 158 Å². The quantitative estimate of drug-likeness (QED) is 0.625. The van der Waals surface area contributed by atoms with Gasteiger partial charge in [0.25, 0.3) is 17.4 Å². The number of carbonyl (C=O) groups is 2. The molecule has 28 heavy (non-hydrogen) atoms. The number of aromatic nitrogens is 2. The minimum Gasteiger partial charge on any atom is -0.494 e. The summed E-state index contributed by atoms with van der Waals surface area (Å²) in [5, 5.41) is 5.74. The molecule has 0 bridgehead atoms. The lowest BCUT2D eigenvalue weighted by Crippen LogP contribution is -2.28. The standard InChI is InChI=1S/C19H16N4O5/c1-27-14-4-2-3-11-16(14)22-17(23-18(11)25)19(26)20-8-10-5-6-13-12(7-10)21-15(24)9-28-13/h2-7H,8-9H2,1H3,(H,20,26)(H,21,24)(H,22,23,25). The zero-order chi connectivity index (χ0) is 19.7. The monoisotopic (exact) mass is 380 g/mol. The van der Waals surface area contributed by atoms with Crippen molar-refractivity contribution in [3.05, 3.63) is 58.1 Å². The Balaban J connectivity index is 1.55. The van der Waals surface area contributed by atoms with Crippen molar-refractivity contribution in [1.82, 2.24) is 15.3 Å². The summed E-state index contributed by atoms with van der Waals surface area (Å²) < 4.78 is 10.5. The highest BCUT2D eigenvalue weighted by molar-refractivity contribution is 5.96. The third-order valence-corrected chi connectivity index (χ3v) is 4.26. The predicted octanol–water partition coefficient (Wildman–Crippen LogP) is 1.19. The van der Waals surface area contributed by atoms with E-state index in [9.17, 15) is 14.4 Å². The molecule has 2 aromatic carbocycles. The van der Waals surface area contributed by atoms with Gasteiger partial charge < -0.3 is 25.1 Å². The van der Waals surface area contributed by atoms with Crippen LogP contribution in [0, 0.1) is 0 Å². The number of amides is 2. The maximum Gasteiger partial charge on any atom is 0.287 e. The maximum atomic E-state index is 12.5. The van der Waals surface area contributed by atoms with Gasteiger partial charge in [-0.05, 0) is 29.8 Å². The van der Waals surface area contributed by atoms with Crippen LogP contribution in [0.1, 0.15) is 16.2 Å². The van der Waals surface area contributed by atoms with Gasteiger partial charge in [-0.2, -0.15) is 0 Å². The van der Waals surface area contributed by atoms with Crippen molar-refractivity contribution in [3.63, 3.8) is 0 Å². The molecule has 9 nitrogen and oxygen atoms in total. The first-order valence-electron chi connectivity index (χ1n) is 8.46. The van der Waals surface area contributed by atoms with Crippen LogP contribution < -0.4 is 25.7 Å². The lowest BCUT2D eigenvalue weighted by atomic mass is 10.1. The van der Waals surface area contributed by atoms with Gasteiger partial charge in [-0.1, -0.05) is 12.1 Å². The minimum absolute atomic E-state index is 0.0203. The summed E-state index contributed by atoms with van der Waals surface area (Å²) in [6.45, 7) is 0.156. The second kappa shape index (κ2) is 7.03. The van der Waals surface area contributed by atoms with E-state index in [1.807, 2.05) is 0 Å². The third-order valence-electron chi connectivity index (χ3n) is 4.26. The van der Waals surface area contributed by atoms with E-state index in [-0.39, 0.29) is 24.9 Å². The predicted molar refractivity (Wildman–Crippen MR) is 101 cm³/mol. The molecule has 0 saturated heterocycles. The van der Waals surface area contributed by atoms with Crippen molar-refractivity contribution in [2.24, 2.45) is 0 Å². The fourth-order valence-corrected chi connectivity index (χ4v) is 2.91. The Kier molecular flexibility index (Phi) is 4.40. The van der Waals surface area contributed by atoms with Gasteiger partial charge in [-0.15, -0.1) is 0 Å². The molecular formula is C19H16N4O5. The summed E-state index contributed by atoms with van der Waals surface area (Å²) in [6, 6.07) is 10.2. The number of para-hydroxylation sites is 1. The van der Waals surface area contributed by atoms with Crippen LogP contribution in [-0.2, 0) is 11.3 Å². The first kappa shape index (κ1) is 17.5. The molecule has 0 radical (unpaired) electrons. The highest BCUT2D eigenvalue weighted by Gasteiger charge is 2.17. The molecule has 9 heteroatoms. The normalized spacial score (nSPS) is 12.7. The number of benzene rings is 2. The number of anilines is 1. The van der Waals surface area contributed by atoms with E-state index in [4.69, 9.17) is 9.47 Å². The molecule has 0 aliphatic carbocycles. The number of nitrogens with one attached hydrogen (secondary N) is 3. The number of ether oxygens (including phenoxy) is 2. The van der Waals surface area contributed by atoms with E-state index in [2.05, 4.69) is 20.6 Å². The summed E-state index contributed by atoms with van der Waals surface area (Å²) >= 11 is 0. The SMILES string of the molecule is COc1cccc2c(=O)[nH]c(C(=O)NCc3ccc4c(c3)NC(=O)CO4)nc12. The lowest BCUT2D eigenvalue weighted by molar-refractivity contribution is -0.118. The fraction of sp³-hybridized carbons (Fsp3) is 0.158. The van der Waals surface area contributed by atoms with Crippen molar-refractivity contribution in [3.8, 4) is 11.5 Å². The number of methoxy groups -OCH3 is 1. The zero-order valence-corrected chi connectivity index (χ0v) is 14.9.